The molecule has 1 aliphatic carbocycles. The summed E-state index contributed by atoms with van der Waals surface area (Å²) in [5, 5.41) is 2.60. The van der Waals surface area contributed by atoms with Crippen LogP contribution >= 0.6 is 11.6 Å². The molecule has 1 fully saturated rings. The molecule has 26 heavy (non-hydrogen) atoms. The molecule has 0 aromatic heterocycles. The van der Waals surface area contributed by atoms with E-state index in [1.807, 2.05) is 0 Å². The lowest BCUT2D eigenvalue weighted by molar-refractivity contribution is -0.137. The van der Waals surface area contributed by atoms with Gasteiger partial charge < -0.3 is 14.8 Å². The predicted octanol–water partition coefficient (Wildman–Crippen LogP) is 4.76. The Morgan fingerprint density at radius 2 is 1.81 bits per heavy atom. The number of benzene rings is 2. The second kappa shape index (κ2) is 5.81. The summed E-state index contributed by atoms with van der Waals surface area (Å²) in [6.07, 6.45) is -3.33. The lowest BCUT2D eigenvalue weighted by atomic mass is 9.94. The van der Waals surface area contributed by atoms with Crippen LogP contribution in [-0.4, -0.2) is 12.7 Å². The highest BCUT2D eigenvalue weighted by atomic mass is 35.5. The maximum absolute atomic E-state index is 12.9. The van der Waals surface area contributed by atoms with Crippen molar-refractivity contribution < 1.29 is 27.4 Å². The summed E-state index contributed by atoms with van der Waals surface area (Å²) in [7, 11) is 0. The van der Waals surface area contributed by atoms with Gasteiger partial charge in [0.05, 0.1) is 21.7 Å². The van der Waals surface area contributed by atoms with Crippen molar-refractivity contribution in [3.63, 3.8) is 0 Å². The average Bonchev–Trinajstić information content (AvgIpc) is 3.27. The Balaban J connectivity index is 1.61. The van der Waals surface area contributed by atoms with Crippen LogP contribution in [0.2, 0.25) is 5.02 Å². The molecule has 0 unspecified atom stereocenters. The van der Waals surface area contributed by atoms with E-state index in [2.05, 4.69) is 5.32 Å². The quantitative estimate of drug-likeness (QED) is 0.831. The zero-order valence-corrected chi connectivity index (χ0v) is 14.1. The first-order chi connectivity index (χ1) is 12.3. The number of anilines is 1. The zero-order chi connectivity index (χ0) is 18.5. The molecule has 1 aliphatic heterocycles. The Morgan fingerprint density at radius 1 is 1.08 bits per heavy atom. The number of amides is 1. The van der Waals surface area contributed by atoms with E-state index in [0.29, 0.717) is 24.3 Å². The van der Waals surface area contributed by atoms with Crippen LogP contribution < -0.4 is 14.8 Å². The second-order valence-corrected chi connectivity index (χ2v) is 6.70. The van der Waals surface area contributed by atoms with Crippen molar-refractivity contribution in [3.05, 3.63) is 52.5 Å². The molecule has 2 aromatic rings. The first kappa shape index (κ1) is 17.0. The Hall–Kier alpha value is -2.41. The Bertz CT molecular complexity index is 894. The van der Waals surface area contributed by atoms with Gasteiger partial charge >= 0.3 is 6.18 Å². The molecule has 0 saturated heterocycles. The first-order valence-electron chi connectivity index (χ1n) is 7.88. The molecule has 0 spiro atoms. The minimum atomic E-state index is -4.52. The van der Waals surface area contributed by atoms with Gasteiger partial charge in [-0.15, -0.1) is 0 Å². The summed E-state index contributed by atoms with van der Waals surface area (Å²) in [5.41, 5.74) is -0.982. The minimum Gasteiger partial charge on any atom is -0.454 e. The van der Waals surface area contributed by atoms with Gasteiger partial charge in [0, 0.05) is 0 Å². The van der Waals surface area contributed by atoms with E-state index < -0.39 is 23.1 Å². The topological polar surface area (TPSA) is 47.6 Å². The van der Waals surface area contributed by atoms with E-state index in [0.717, 1.165) is 23.8 Å². The SMILES string of the molecule is O=C(Nc1cc(C(F)(F)F)ccc1Cl)C1(c2ccc3c(c2)OCO3)CC1. The highest BCUT2D eigenvalue weighted by molar-refractivity contribution is 6.33. The molecule has 0 radical (unpaired) electrons. The number of hydrogen-bond acceptors (Lipinski definition) is 3. The smallest absolute Gasteiger partial charge is 0.416 e. The molecule has 2 aliphatic rings. The summed E-state index contributed by atoms with van der Waals surface area (Å²) >= 11 is 5.97. The Labute approximate surface area is 151 Å². The van der Waals surface area contributed by atoms with E-state index in [1.165, 1.54) is 0 Å². The van der Waals surface area contributed by atoms with E-state index in [-0.39, 0.29) is 17.5 Å². The molecule has 2 aromatic carbocycles. The Kier molecular flexibility index (Phi) is 3.80. The van der Waals surface area contributed by atoms with Crippen molar-refractivity contribution in [1.29, 1.82) is 0 Å². The molecule has 1 amide bonds. The maximum Gasteiger partial charge on any atom is 0.416 e. The number of ether oxygens (including phenoxy) is 2. The van der Waals surface area contributed by atoms with Gasteiger partial charge in [-0.2, -0.15) is 13.2 Å². The fraction of sp³-hybridized carbons (Fsp3) is 0.278. The number of carbonyl (C=O) groups is 1. The largest absolute Gasteiger partial charge is 0.454 e. The Morgan fingerprint density at radius 3 is 2.50 bits per heavy atom. The molecular weight excluding hydrogens is 371 g/mol. The van der Waals surface area contributed by atoms with Gasteiger partial charge in [-0.25, -0.2) is 0 Å². The van der Waals surface area contributed by atoms with Crippen molar-refractivity contribution in [2.24, 2.45) is 0 Å². The van der Waals surface area contributed by atoms with Gasteiger partial charge in [0.15, 0.2) is 11.5 Å². The van der Waals surface area contributed by atoms with Crippen molar-refractivity contribution in [2.45, 2.75) is 24.4 Å². The number of rotatable bonds is 3. The highest BCUT2D eigenvalue weighted by Crippen LogP contribution is 2.51. The van der Waals surface area contributed by atoms with Crippen LogP contribution in [0.25, 0.3) is 0 Å². The summed E-state index contributed by atoms with van der Waals surface area (Å²) < 4.78 is 49.3. The van der Waals surface area contributed by atoms with Crippen molar-refractivity contribution >= 4 is 23.2 Å². The van der Waals surface area contributed by atoms with Crippen molar-refractivity contribution in [1.82, 2.24) is 0 Å². The number of fused-ring (bicyclic) bond motifs is 1. The van der Waals surface area contributed by atoms with Gasteiger partial charge in [0.1, 0.15) is 0 Å². The third-order valence-corrected chi connectivity index (χ3v) is 4.98. The van der Waals surface area contributed by atoms with Crippen molar-refractivity contribution in [3.8, 4) is 11.5 Å². The van der Waals surface area contributed by atoms with E-state index in [4.69, 9.17) is 21.1 Å². The van der Waals surface area contributed by atoms with Gasteiger partial charge in [-0.3, -0.25) is 4.79 Å². The van der Waals surface area contributed by atoms with Crippen LogP contribution in [0.5, 0.6) is 11.5 Å². The third-order valence-electron chi connectivity index (χ3n) is 4.65. The van der Waals surface area contributed by atoms with Crippen LogP contribution in [0.15, 0.2) is 36.4 Å². The van der Waals surface area contributed by atoms with Gasteiger partial charge in [-0.1, -0.05) is 17.7 Å². The molecular formula is C18H13ClF3NO3. The number of halogens is 4. The number of hydrogen-bond donors (Lipinski definition) is 1. The molecule has 4 rings (SSSR count). The lowest BCUT2D eigenvalue weighted by Crippen LogP contribution is -2.28. The molecule has 1 heterocycles. The summed E-state index contributed by atoms with van der Waals surface area (Å²) in [5.74, 6) is 0.766. The zero-order valence-electron chi connectivity index (χ0n) is 13.3. The minimum absolute atomic E-state index is 0.0489. The number of alkyl halides is 3. The van der Waals surface area contributed by atoms with Crippen LogP contribution in [0.4, 0.5) is 18.9 Å². The molecule has 1 saturated carbocycles. The van der Waals surface area contributed by atoms with Crippen LogP contribution in [0.1, 0.15) is 24.0 Å². The average molecular weight is 384 g/mol. The van der Waals surface area contributed by atoms with E-state index in [9.17, 15) is 18.0 Å². The molecule has 0 atom stereocenters. The third kappa shape index (κ3) is 2.86. The number of carbonyl (C=O) groups excluding carboxylic acids is 1. The van der Waals surface area contributed by atoms with Gasteiger partial charge in [-0.05, 0) is 48.7 Å². The first-order valence-corrected chi connectivity index (χ1v) is 8.26. The fourth-order valence-corrected chi connectivity index (χ4v) is 3.17. The van der Waals surface area contributed by atoms with E-state index >= 15 is 0 Å². The number of nitrogens with one attached hydrogen (secondary N) is 1. The van der Waals surface area contributed by atoms with Crippen LogP contribution in [0.3, 0.4) is 0 Å². The molecule has 8 heteroatoms. The van der Waals surface area contributed by atoms with Crippen LogP contribution in [-0.2, 0) is 16.4 Å². The highest BCUT2D eigenvalue weighted by Gasteiger charge is 2.52. The van der Waals surface area contributed by atoms with Crippen molar-refractivity contribution in [2.75, 3.05) is 12.1 Å². The monoisotopic (exact) mass is 383 g/mol. The molecule has 0 bridgehead atoms. The standard InChI is InChI=1S/C18H13ClF3NO3/c19-12-3-1-11(18(20,21)22)7-13(12)23-16(24)17(5-6-17)10-2-4-14-15(8-10)26-9-25-14/h1-4,7-8H,5-6,9H2,(H,23,24). The molecule has 1 N–H and O–H groups in total. The summed E-state index contributed by atoms with van der Waals surface area (Å²) in [6.45, 7) is 0.123. The summed E-state index contributed by atoms with van der Waals surface area (Å²) in [6, 6.07) is 8.08. The molecule has 136 valence electrons. The summed E-state index contributed by atoms with van der Waals surface area (Å²) in [4.78, 5) is 12.8. The van der Waals surface area contributed by atoms with E-state index in [1.54, 1.807) is 18.2 Å². The second-order valence-electron chi connectivity index (χ2n) is 6.30. The predicted molar refractivity (Wildman–Crippen MR) is 88.6 cm³/mol. The lowest BCUT2D eigenvalue weighted by Gasteiger charge is -2.18. The fourth-order valence-electron chi connectivity index (χ4n) is 3.01. The molecule has 4 nitrogen and oxygen atoms in total. The van der Waals surface area contributed by atoms with Crippen LogP contribution in [0, 0.1) is 0 Å². The maximum atomic E-state index is 12.9. The van der Waals surface area contributed by atoms with Gasteiger partial charge in [0.25, 0.3) is 0 Å². The van der Waals surface area contributed by atoms with Gasteiger partial charge in [0.2, 0.25) is 12.7 Å². The normalized spacial score (nSPS) is 17.1.